The summed E-state index contributed by atoms with van der Waals surface area (Å²) in [4.78, 5) is 10.9. The van der Waals surface area contributed by atoms with Crippen LogP contribution >= 0.6 is 0 Å². The lowest BCUT2D eigenvalue weighted by Gasteiger charge is -1.95. The Kier molecular flexibility index (Phi) is 3.44. The van der Waals surface area contributed by atoms with Gasteiger partial charge in [-0.3, -0.25) is 4.79 Å². The van der Waals surface area contributed by atoms with Crippen LogP contribution in [0.5, 0.6) is 0 Å². The molecule has 2 nitrogen and oxygen atoms in total. The summed E-state index contributed by atoms with van der Waals surface area (Å²) in [6.45, 7) is 3.13. The van der Waals surface area contributed by atoms with Crippen LogP contribution in [0.15, 0.2) is 24.3 Å². The number of rotatable bonds is 1. The molecule has 1 aromatic rings. The third kappa shape index (κ3) is 3.04. The Morgan fingerprint density at radius 3 is 2.36 bits per heavy atom. The molecule has 0 amide bonds. The SMILES string of the molecule is CC(=O)c1ccc(C#C[C@H](C)O)cc1. The monoisotopic (exact) mass is 188 g/mol. The summed E-state index contributed by atoms with van der Waals surface area (Å²) in [6.07, 6.45) is -0.623. The summed E-state index contributed by atoms with van der Waals surface area (Å²) in [6, 6.07) is 7.00. The molecule has 0 fully saturated rings. The first kappa shape index (κ1) is 10.5. The highest BCUT2D eigenvalue weighted by molar-refractivity contribution is 5.94. The van der Waals surface area contributed by atoms with Gasteiger partial charge in [-0.25, -0.2) is 0 Å². The van der Waals surface area contributed by atoms with E-state index in [2.05, 4.69) is 11.8 Å². The zero-order chi connectivity index (χ0) is 10.6. The van der Waals surface area contributed by atoms with Crippen LogP contribution in [0.4, 0.5) is 0 Å². The van der Waals surface area contributed by atoms with E-state index in [0.717, 1.165) is 5.56 Å². The number of aliphatic hydroxyl groups is 1. The second-order valence-electron chi connectivity index (χ2n) is 3.08. The van der Waals surface area contributed by atoms with E-state index in [1.165, 1.54) is 6.92 Å². The number of hydrogen-bond acceptors (Lipinski definition) is 2. The Hall–Kier alpha value is -1.59. The first-order valence-electron chi connectivity index (χ1n) is 4.40. The highest BCUT2D eigenvalue weighted by Gasteiger charge is 1.96. The Balaban J connectivity index is 2.85. The molecule has 0 saturated heterocycles. The second kappa shape index (κ2) is 4.59. The molecule has 0 spiro atoms. The molecule has 1 aromatic carbocycles. The van der Waals surface area contributed by atoms with Crippen molar-refractivity contribution in [1.82, 2.24) is 0 Å². The van der Waals surface area contributed by atoms with Gasteiger partial charge in [0.25, 0.3) is 0 Å². The van der Waals surface area contributed by atoms with Gasteiger partial charge in [0, 0.05) is 11.1 Å². The van der Waals surface area contributed by atoms with Crippen molar-refractivity contribution in [3.8, 4) is 11.8 Å². The molecular formula is C12H12O2. The molecule has 0 aliphatic rings. The zero-order valence-electron chi connectivity index (χ0n) is 8.24. The Morgan fingerprint density at radius 2 is 1.93 bits per heavy atom. The van der Waals surface area contributed by atoms with Gasteiger partial charge in [-0.05, 0) is 26.0 Å². The van der Waals surface area contributed by atoms with E-state index in [1.807, 2.05) is 0 Å². The van der Waals surface area contributed by atoms with Crippen LogP contribution < -0.4 is 0 Å². The Morgan fingerprint density at radius 1 is 1.36 bits per heavy atom. The predicted octanol–water partition coefficient (Wildman–Crippen LogP) is 1.62. The quantitative estimate of drug-likeness (QED) is 0.537. The normalized spacial score (nSPS) is 11.4. The standard InChI is InChI=1S/C12H12O2/c1-9(13)3-4-11-5-7-12(8-6-11)10(2)14/h5-9,13H,1-2H3/t9-/m0/s1. The summed E-state index contributed by atoms with van der Waals surface area (Å²) in [5.74, 6) is 5.47. The van der Waals surface area contributed by atoms with Gasteiger partial charge in [-0.15, -0.1) is 0 Å². The molecule has 0 heterocycles. The van der Waals surface area contributed by atoms with E-state index < -0.39 is 6.10 Å². The lowest BCUT2D eigenvalue weighted by molar-refractivity contribution is 0.101. The molecule has 1 rings (SSSR count). The van der Waals surface area contributed by atoms with Gasteiger partial charge in [0.1, 0.15) is 6.10 Å². The fourth-order valence-corrected chi connectivity index (χ4v) is 0.976. The van der Waals surface area contributed by atoms with Gasteiger partial charge in [0.15, 0.2) is 5.78 Å². The summed E-state index contributed by atoms with van der Waals surface area (Å²) < 4.78 is 0. The van der Waals surface area contributed by atoms with Gasteiger partial charge in [0.05, 0.1) is 0 Å². The van der Waals surface area contributed by atoms with Crippen molar-refractivity contribution in [3.63, 3.8) is 0 Å². The van der Waals surface area contributed by atoms with Crippen LogP contribution in [0.3, 0.4) is 0 Å². The van der Waals surface area contributed by atoms with E-state index >= 15 is 0 Å². The minimum atomic E-state index is -0.623. The summed E-state index contributed by atoms with van der Waals surface area (Å²) in [5.41, 5.74) is 1.48. The van der Waals surface area contributed by atoms with E-state index in [9.17, 15) is 4.79 Å². The molecule has 72 valence electrons. The van der Waals surface area contributed by atoms with Gasteiger partial charge >= 0.3 is 0 Å². The molecule has 0 aliphatic heterocycles. The second-order valence-corrected chi connectivity index (χ2v) is 3.08. The molecule has 0 radical (unpaired) electrons. The molecule has 0 aromatic heterocycles. The van der Waals surface area contributed by atoms with E-state index in [4.69, 9.17) is 5.11 Å². The number of benzene rings is 1. The maximum atomic E-state index is 10.9. The minimum absolute atomic E-state index is 0.0417. The maximum absolute atomic E-state index is 10.9. The molecule has 2 heteroatoms. The van der Waals surface area contributed by atoms with Crippen molar-refractivity contribution in [2.45, 2.75) is 20.0 Å². The maximum Gasteiger partial charge on any atom is 0.159 e. The largest absolute Gasteiger partial charge is 0.381 e. The third-order valence-electron chi connectivity index (χ3n) is 1.72. The molecule has 1 atom stereocenters. The fraction of sp³-hybridized carbons (Fsp3) is 0.250. The highest BCUT2D eigenvalue weighted by atomic mass is 16.3. The summed E-state index contributed by atoms with van der Waals surface area (Å²) in [5, 5.41) is 8.93. The average Bonchev–Trinajstić information content (AvgIpc) is 2.15. The Labute approximate surface area is 83.6 Å². The van der Waals surface area contributed by atoms with Crippen molar-refractivity contribution in [3.05, 3.63) is 35.4 Å². The summed E-state index contributed by atoms with van der Waals surface area (Å²) in [7, 11) is 0. The van der Waals surface area contributed by atoms with E-state index in [1.54, 1.807) is 31.2 Å². The molecule has 0 bridgehead atoms. The molecule has 1 N–H and O–H groups in total. The fourth-order valence-electron chi connectivity index (χ4n) is 0.976. The molecule has 14 heavy (non-hydrogen) atoms. The number of aliphatic hydroxyl groups excluding tert-OH is 1. The van der Waals surface area contributed by atoms with Crippen LogP contribution in [-0.2, 0) is 0 Å². The van der Waals surface area contributed by atoms with Crippen molar-refractivity contribution < 1.29 is 9.90 Å². The van der Waals surface area contributed by atoms with Crippen molar-refractivity contribution in [1.29, 1.82) is 0 Å². The van der Waals surface area contributed by atoms with Crippen LogP contribution in [-0.4, -0.2) is 17.0 Å². The number of Topliss-reactive ketones (excluding diaryl/α,β-unsaturated/α-hetero) is 1. The Bertz CT molecular complexity index is 377. The number of carbonyl (C=O) groups excluding carboxylic acids is 1. The number of ketones is 1. The van der Waals surface area contributed by atoms with E-state index in [-0.39, 0.29) is 5.78 Å². The van der Waals surface area contributed by atoms with Gasteiger partial charge in [-0.1, -0.05) is 24.0 Å². The molecule has 0 aliphatic carbocycles. The topological polar surface area (TPSA) is 37.3 Å². The van der Waals surface area contributed by atoms with Gasteiger partial charge < -0.3 is 5.11 Å². The minimum Gasteiger partial charge on any atom is -0.381 e. The lowest BCUT2D eigenvalue weighted by atomic mass is 10.1. The molecule has 0 saturated carbocycles. The van der Waals surface area contributed by atoms with Crippen molar-refractivity contribution in [2.75, 3.05) is 0 Å². The van der Waals surface area contributed by atoms with Crippen LogP contribution in [0, 0.1) is 11.8 Å². The third-order valence-corrected chi connectivity index (χ3v) is 1.72. The highest BCUT2D eigenvalue weighted by Crippen LogP contribution is 2.03. The zero-order valence-corrected chi connectivity index (χ0v) is 8.24. The molecule has 0 unspecified atom stereocenters. The lowest BCUT2D eigenvalue weighted by Crippen LogP contribution is -1.93. The van der Waals surface area contributed by atoms with Gasteiger partial charge in [0.2, 0.25) is 0 Å². The van der Waals surface area contributed by atoms with Crippen molar-refractivity contribution >= 4 is 5.78 Å². The van der Waals surface area contributed by atoms with Crippen LogP contribution in [0.1, 0.15) is 29.8 Å². The predicted molar refractivity (Wildman–Crippen MR) is 55.0 cm³/mol. The van der Waals surface area contributed by atoms with Crippen LogP contribution in [0.25, 0.3) is 0 Å². The first-order chi connectivity index (χ1) is 6.59. The number of carbonyl (C=O) groups is 1. The summed E-state index contributed by atoms with van der Waals surface area (Å²) >= 11 is 0. The van der Waals surface area contributed by atoms with Gasteiger partial charge in [-0.2, -0.15) is 0 Å². The molecular weight excluding hydrogens is 176 g/mol. The number of hydrogen-bond donors (Lipinski definition) is 1. The van der Waals surface area contributed by atoms with Crippen LogP contribution in [0.2, 0.25) is 0 Å². The average molecular weight is 188 g/mol. The van der Waals surface area contributed by atoms with Crippen molar-refractivity contribution in [2.24, 2.45) is 0 Å². The smallest absolute Gasteiger partial charge is 0.159 e. The first-order valence-corrected chi connectivity index (χ1v) is 4.40. The van der Waals surface area contributed by atoms with E-state index in [0.29, 0.717) is 5.56 Å².